The van der Waals surface area contributed by atoms with Gasteiger partial charge in [0.2, 0.25) is 5.91 Å². The molecule has 0 saturated heterocycles. The van der Waals surface area contributed by atoms with E-state index in [1.54, 1.807) is 0 Å². The second-order valence-electron chi connectivity index (χ2n) is 6.66. The number of Topliss-reactive ketones (excluding diaryl/α,β-unsaturated/α-hetero) is 1. The Morgan fingerprint density at radius 2 is 2.00 bits per heavy atom. The minimum Gasteiger partial charge on any atom is -0.468 e. The molecule has 0 bridgehead atoms. The van der Waals surface area contributed by atoms with E-state index < -0.39 is 11.9 Å². The van der Waals surface area contributed by atoms with Crippen molar-refractivity contribution in [2.75, 3.05) is 7.11 Å². The number of rotatable bonds is 2. The third-order valence-corrected chi connectivity index (χ3v) is 4.90. The molecular weight excluding hydrogens is 306 g/mol. The molecule has 1 aromatic carbocycles. The van der Waals surface area contributed by atoms with Crippen LogP contribution in [0.5, 0.6) is 0 Å². The molecule has 3 atom stereocenters. The first kappa shape index (κ1) is 16.4. The highest BCUT2D eigenvalue weighted by molar-refractivity contribution is 6.11. The molecule has 1 aromatic rings. The lowest BCUT2D eigenvalue weighted by Crippen LogP contribution is -2.44. The SMILES string of the molecule is COC(=O)[C@@H]1C(=O)C2=C(C[C@H]1C)NC(=O)C[C@H]2c1cccc(C)c1. The minimum absolute atomic E-state index is 0.0863. The first-order valence-corrected chi connectivity index (χ1v) is 8.14. The predicted molar refractivity (Wildman–Crippen MR) is 88.0 cm³/mol. The Bertz CT molecular complexity index is 749. The number of benzene rings is 1. The first-order chi connectivity index (χ1) is 11.4. The molecule has 1 N–H and O–H groups in total. The van der Waals surface area contributed by atoms with Gasteiger partial charge in [-0.05, 0) is 24.8 Å². The van der Waals surface area contributed by atoms with Crippen LogP contribution in [0.3, 0.4) is 0 Å². The van der Waals surface area contributed by atoms with Crippen molar-refractivity contribution in [2.24, 2.45) is 11.8 Å². The highest BCUT2D eigenvalue weighted by Gasteiger charge is 2.45. The topological polar surface area (TPSA) is 72.5 Å². The maximum absolute atomic E-state index is 13.0. The third kappa shape index (κ3) is 2.75. The second-order valence-corrected chi connectivity index (χ2v) is 6.66. The highest BCUT2D eigenvalue weighted by atomic mass is 16.5. The van der Waals surface area contributed by atoms with Crippen LogP contribution < -0.4 is 5.32 Å². The molecule has 2 aliphatic rings. The van der Waals surface area contributed by atoms with E-state index in [0.717, 1.165) is 11.1 Å². The van der Waals surface area contributed by atoms with Crippen LogP contribution in [-0.4, -0.2) is 24.8 Å². The maximum atomic E-state index is 13.0. The average molecular weight is 327 g/mol. The summed E-state index contributed by atoms with van der Waals surface area (Å²) in [6.07, 6.45) is 0.713. The summed E-state index contributed by atoms with van der Waals surface area (Å²) in [6.45, 7) is 3.81. The van der Waals surface area contributed by atoms with Gasteiger partial charge in [0, 0.05) is 23.6 Å². The van der Waals surface area contributed by atoms with Gasteiger partial charge in [-0.25, -0.2) is 0 Å². The standard InChI is InChI=1S/C19H21NO4/c1-10-5-4-6-12(7-10)13-9-15(21)20-14-8-11(2)16(19(23)24-3)18(22)17(13)14/h4-7,11,13,16H,8-9H2,1-3H3,(H,20,21)/t11-,13+,16+/m1/s1. The molecule has 0 aromatic heterocycles. The molecule has 1 aliphatic heterocycles. The monoisotopic (exact) mass is 327 g/mol. The van der Waals surface area contributed by atoms with E-state index in [9.17, 15) is 14.4 Å². The van der Waals surface area contributed by atoms with Gasteiger partial charge >= 0.3 is 5.97 Å². The van der Waals surface area contributed by atoms with Crippen molar-refractivity contribution in [3.05, 3.63) is 46.7 Å². The maximum Gasteiger partial charge on any atom is 0.316 e. The number of methoxy groups -OCH3 is 1. The van der Waals surface area contributed by atoms with Gasteiger partial charge < -0.3 is 10.1 Å². The first-order valence-electron chi connectivity index (χ1n) is 8.14. The molecule has 126 valence electrons. The van der Waals surface area contributed by atoms with Crippen LogP contribution in [0, 0.1) is 18.8 Å². The molecule has 24 heavy (non-hydrogen) atoms. The van der Waals surface area contributed by atoms with E-state index in [1.807, 2.05) is 38.1 Å². The number of nitrogens with one attached hydrogen (secondary N) is 1. The molecule has 0 fully saturated rings. The molecule has 1 amide bonds. The Balaban J connectivity index is 2.08. The number of amides is 1. The van der Waals surface area contributed by atoms with Crippen LogP contribution >= 0.6 is 0 Å². The second kappa shape index (κ2) is 6.23. The van der Waals surface area contributed by atoms with Gasteiger partial charge in [-0.3, -0.25) is 14.4 Å². The summed E-state index contributed by atoms with van der Waals surface area (Å²) in [6, 6.07) is 7.82. The largest absolute Gasteiger partial charge is 0.468 e. The van der Waals surface area contributed by atoms with E-state index in [4.69, 9.17) is 4.74 Å². The third-order valence-electron chi connectivity index (χ3n) is 4.90. The normalized spacial score (nSPS) is 26.7. The molecular formula is C19H21NO4. The van der Waals surface area contributed by atoms with Crippen molar-refractivity contribution in [2.45, 2.75) is 32.6 Å². The fraction of sp³-hybridized carbons (Fsp3) is 0.421. The summed E-state index contributed by atoms with van der Waals surface area (Å²) in [5.74, 6) is -2.10. The van der Waals surface area contributed by atoms with Gasteiger partial charge in [-0.1, -0.05) is 36.8 Å². The quantitative estimate of drug-likeness (QED) is 0.668. The number of hydrogen-bond acceptors (Lipinski definition) is 4. The average Bonchev–Trinajstić information content (AvgIpc) is 2.53. The zero-order chi connectivity index (χ0) is 17.4. The van der Waals surface area contributed by atoms with Gasteiger partial charge in [0.15, 0.2) is 5.78 Å². The summed E-state index contributed by atoms with van der Waals surface area (Å²) in [5, 5.41) is 2.84. The Morgan fingerprint density at radius 3 is 2.67 bits per heavy atom. The van der Waals surface area contributed by atoms with Crippen molar-refractivity contribution in [3.63, 3.8) is 0 Å². The van der Waals surface area contributed by atoms with Crippen LogP contribution in [0.4, 0.5) is 0 Å². The van der Waals surface area contributed by atoms with Crippen molar-refractivity contribution in [1.29, 1.82) is 0 Å². The Labute approximate surface area is 141 Å². The lowest BCUT2D eigenvalue weighted by molar-refractivity contribution is -0.151. The number of aryl methyl sites for hydroxylation is 1. The molecule has 5 nitrogen and oxygen atoms in total. The van der Waals surface area contributed by atoms with Gasteiger partial charge in [-0.15, -0.1) is 0 Å². The zero-order valence-electron chi connectivity index (χ0n) is 14.1. The van der Waals surface area contributed by atoms with Crippen LogP contribution in [0.1, 0.15) is 36.8 Å². The van der Waals surface area contributed by atoms with Crippen molar-refractivity contribution in [3.8, 4) is 0 Å². The molecule has 1 heterocycles. The lowest BCUT2D eigenvalue weighted by atomic mass is 9.70. The van der Waals surface area contributed by atoms with E-state index in [-0.39, 0.29) is 29.9 Å². The number of carbonyl (C=O) groups is 3. The van der Waals surface area contributed by atoms with E-state index in [2.05, 4.69) is 5.32 Å². The summed E-state index contributed by atoms with van der Waals surface area (Å²) in [4.78, 5) is 37.2. The number of ether oxygens (including phenoxy) is 1. The van der Waals surface area contributed by atoms with Crippen LogP contribution in [0.25, 0.3) is 0 Å². The highest BCUT2D eigenvalue weighted by Crippen LogP contribution is 2.42. The smallest absolute Gasteiger partial charge is 0.316 e. The van der Waals surface area contributed by atoms with Crippen LogP contribution in [0.15, 0.2) is 35.5 Å². The fourth-order valence-corrected chi connectivity index (χ4v) is 3.77. The van der Waals surface area contributed by atoms with Gasteiger partial charge in [0.1, 0.15) is 5.92 Å². The number of hydrogen-bond donors (Lipinski definition) is 1. The fourth-order valence-electron chi connectivity index (χ4n) is 3.77. The molecule has 5 heteroatoms. The summed E-state index contributed by atoms with van der Waals surface area (Å²) < 4.78 is 4.82. The molecule has 3 rings (SSSR count). The van der Waals surface area contributed by atoms with Crippen LogP contribution in [0.2, 0.25) is 0 Å². The van der Waals surface area contributed by atoms with Gasteiger partial charge in [0.25, 0.3) is 0 Å². The summed E-state index contributed by atoms with van der Waals surface area (Å²) in [7, 11) is 1.30. The molecule has 0 unspecified atom stereocenters. The number of ketones is 1. The minimum atomic E-state index is -0.795. The number of carbonyl (C=O) groups excluding carboxylic acids is 3. The number of allylic oxidation sites excluding steroid dienone is 2. The molecule has 0 spiro atoms. The van der Waals surface area contributed by atoms with Crippen molar-refractivity contribution >= 4 is 17.7 Å². The van der Waals surface area contributed by atoms with Gasteiger partial charge in [-0.2, -0.15) is 0 Å². The van der Waals surface area contributed by atoms with E-state index in [1.165, 1.54) is 7.11 Å². The molecule has 0 saturated carbocycles. The van der Waals surface area contributed by atoms with Crippen molar-refractivity contribution < 1.29 is 19.1 Å². The Morgan fingerprint density at radius 1 is 1.25 bits per heavy atom. The molecule has 0 radical (unpaired) electrons. The number of esters is 1. The van der Waals surface area contributed by atoms with E-state index in [0.29, 0.717) is 17.7 Å². The lowest BCUT2D eigenvalue weighted by Gasteiger charge is -2.36. The summed E-state index contributed by atoms with van der Waals surface area (Å²) >= 11 is 0. The van der Waals surface area contributed by atoms with Gasteiger partial charge in [0.05, 0.1) is 7.11 Å². The predicted octanol–water partition coefficient (Wildman–Crippen LogP) is 2.25. The Hall–Kier alpha value is -2.43. The van der Waals surface area contributed by atoms with Crippen LogP contribution in [-0.2, 0) is 19.1 Å². The Kier molecular flexibility index (Phi) is 4.26. The zero-order valence-corrected chi connectivity index (χ0v) is 14.1. The van der Waals surface area contributed by atoms with Crippen molar-refractivity contribution in [1.82, 2.24) is 5.32 Å². The van der Waals surface area contributed by atoms with E-state index >= 15 is 0 Å². The summed E-state index contributed by atoms with van der Waals surface area (Å²) in [5.41, 5.74) is 3.23. The molecule has 1 aliphatic carbocycles.